The molecule has 0 aliphatic carbocycles. The van der Waals surface area contributed by atoms with Gasteiger partial charge < -0.3 is 15.8 Å². The van der Waals surface area contributed by atoms with E-state index in [0.29, 0.717) is 12.1 Å². The van der Waals surface area contributed by atoms with Gasteiger partial charge in [-0.15, -0.1) is 12.4 Å². The Balaban J connectivity index is 0.00000484. The van der Waals surface area contributed by atoms with Crippen molar-refractivity contribution >= 4 is 28.3 Å². The van der Waals surface area contributed by atoms with Gasteiger partial charge in [-0.1, -0.05) is 0 Å². The Kier molecular flexibility index (Phi) is 8.71. The van der Waals surface area contributed by atoms with Gasteiger partial charge in [-0.2, -0.15) is 0 Å². The van der Waals surface area contributed by atoms with Crippen molar-refractivity contribution in [3.05, 3.63) is 29.8 Å². The van der Waals surface area contributed by atoms with Crippen molar-refractivity contribution < 1.29 is 17.9 Å². The van der Waals surface area contributed by atoms with Crippen molar-refractivity contribution in [2.24, 2.45) is 5.73 Å². The third kappa shape index (κ3) is 6.84. The van der Waals surface area contributed by atoms with Crippen LogP contribution < -0.4 is 15.8 Å². The third-order valence-electron chi connectivity index (χ3n) is 2.99. The molecule has 0 heterocycles. The summed E-state index contributed by atoms with van der Waals surface area (Å²) in [6.07, 6.45) is 0. The molecule has 9 heteroatoms. The number of benzene rings is 1. The molecule has 0 bridgehead atoms. The fraction of sp³-hybridized carbons (Fsp3) is 0.500. The molecular weight excluding hydrogens is 342 g/mol. The van der Waals surface area contributed by atoms with E-state index in [2.05, 4.69) is 10.0 Å². The molecule has 0 spiro atoms. The number of nitrogens with two attached hydrogens (primary N) is 1. The summed E-state index contributed by atoms with van der Waals surface area (Å²) in [6.45, 7) is 4.39. The molecule has 0 fully saturated rings. The van der Waals surface area contributed by atoms with Crippen molar-refractivity contribution in [1.82, 2.24) is 10.0 Å². The number of hydrogen-bond donors (Lipinski definition) is 3. The fourth-order valence-corrected chi connectivity index (χ4v) is 2.59. The van der Waals surface area contributed by atoms with Crippen LogP contribution in [0.15, 0.2) is 29.2 Å². The Morgan fingerprint density at radius 1 is 1.26 bits per heavy atom. The van der Waals surface area contributed by atoms with Crippen LogP contribution in [0.2, 0.25) is 0 Å². The number of nitrogens with one attached hydrogen (secondary N) is 2. The number of carbonyl (C=O) groups is 1. The molecule has 0 unspecified atom stereocenters. The van der Waals surface area contributed by atoms with Crippen LogP contribution in [0.1, 0.15) is 24.2 Å². The molecule has 0 aliphatic heterocycles. The Labute approximate surface area is 143 Å². The summed E-state index contributed by atoms with van der Waals surface area (Å²) < 4.78 is 31.2. The summed E-state index contributed by atoms with van der Waals surface area (Å²) in [4.78, 5) is 12.1. The van der Waals surface area contributed by atoms with Gasteiger partial charge in [-0.3, -0.25) is 4.79 Å². The van der Waals surface area contributed by atoms with Crippen LogP contribution in [0.5, 0.6) is 0 Å². The number of ether oxygens (including phenoxy) is 1. The average Bonchev–Trinajstić information content (AvgIpc) is 2.47. The number of methoxy groups -OCH3 is 1. The van der Waals surface area contributed by atoms with Crippen LogP contribution in [0.25, 0.3) is 0 Å². The smallest absolute Gasteiger partial charge is 0.251 e. The van der Waals surface area contributed by atoms with Crippen LogP contribution >= 0.6 is 12.4 Å². The van der Waals surface area contributed by atoms with Crippen LogP contribution in [0.3, 0.4) is 0 Å². The third-order valence-corrected chi connectivity index (χ3v) is 4.46. The van der Waals surface area contributed by atoms with E-state index in [1.165, 1.54) is 31.4 Å². The first kappa shape index (κ1) is 21.8. The highest BCUT2D eigenvalue weighted by atomic mass is 35.5. The zero-order chi connectivity index (χ0) is 16.8. The SMILES string of the molecule is COCCNS(=O)(=O)c1ccc(C(=O)NC(C)(C)CN)cc1.Cl. The van der Waals surface area contributed by atoms with Gasteiger partial charge >= 0.3 is 0 Å². The molecule has 1 amide bonds. The molecule has 23 heavy (non-hydrogen) atoms. The molecule has 0 atom stereocenters. The first-order chi connectivity index (χ1) is 10.2. The maximum atomic E-state index is 12.0. The second-order valence-electron chi connectivity index (χ2n) is 5.46. The van der Waals surface area contributed by atoms with Gasteiger partial charge in [0.05, 0.1) is 11.5 Å². The van der Waals surface area contributed by atoms with E-state index in [-0.39, 0.29) is 36.4 Å². The Morgan fingerprint density at radius 2 is 1.83 bits per heavy atom. The van der Waals surface area contributed by atoms with Crippen molar-refractivity contribution in [3.8, 4) is 0 Å². The first-order valence-electron chi connectivity index (χ1n) is 6.83. The zero-order valence-electron chi connectivity index (χ0n) is 13.5. The Hall–Kier alpha value is -1.19. The van der Waals surface area contributed by atoms with Crippen molar-refractivity contribution in [3.63, 3.8) is 0 Å². The molecule has 1 rings (SSSR count). The molecule has 0 radical (unpaired) electrons. The lowest BCUT2D eigenvalue weighted by atomic mass is 10.1. The lowest BCUT2D eigenvalue weighted by molar-refractivity contribution is 0.0915. The van der Waals surface area contributed by atoms with Gasteiger partial charge in [0.1, 0.15) is 0 Å². The summed E-state index contributed by atoms with van der Waals surface area (Å²) in [5.74, 6) is -0.299. The van der Waals surface area contributed by atoms with Gasteiger partial charge in [0, 0.05) is 31.3 Å². The Morgan fingerprint density at radius 3 is 2.30 bits per heavy atom. The van der Waals surface area contributed by atoms with Crippen LogP contribution in [-0.2, 0) is 14.8 Å². The highest BCUT2D eigenvalue weighted by Crippen LogP contribution is 2.11. The first-order valence-corrected chi connectivity index (χ1v) is 8.31. The van der Waals surface area contributed by atoms with Crippen molar-refractivity contribution in [2.75, 3.05) is 26.8 Å². The monoisotopic (exact) mass is 365 g/mol. The second-order valence-corrected chi connectivity index (χ2v) is 7.22. The lowest BCUT2D eigenvalue weighted by Gasteiger charge is -2.24. The zero-order valence-corrected chi connectivity index (χ0v) is 15.1. The van der Waals surface area contributed by atoms with Gasteiger partial charge in [-0.05, 0) is 38.1 Å². The van der Waals surface area contributed by atoms with Gasteiger partial charge in [0.2, 0.25) is 10.0 Å². The van der Waals surface area contributed by atoms with E-state index in [1.807, 2.05) is 13.8 Å². The van der Waals surface area contributed by atoms with Gasteiger partial charge in [-0.25, -0.2) is 13.1 Å². The molecule has 1 aromatic carbocycles. The average molecular weight is 366 g/mol. The predicted molar refractivity (Wildman–Crippen MR) is 91.4 cm³/mol. The topological polar surface area (TPSA) is 111 Å². The quantitative estimate of drug-likeness (QED) is 0.581. The molecular formula is C14H24ClN3O4S. The molecule has 0 aromatic heterocycles. The number of sulfonamides is 1. The van der Waals surface area contributed by atoms with Crippen LogP contribution in [0.4, 0.5) is 0 Å². The van der Waals surface area contributed by atoms with E-state index in [9.17, 15) is 13.2 Å². The molecule has 0 aliphatic rings. The maximum absolute atomic E-state index is 12.0. The van der Waals surface area contributed by atoms with Crippen molar-refractivity contribution in [1.29, 1.82) is 0 Å². The molecule has 4 N–H and O–H groups in total. The minimum Gasteiger partial charge on any atom is -0.383 e. The molecule has 0 saturated heterocycles. The van der Waals surface area contributed by atoms with E-state index in [0.717, 1.165) is 0 Å². The van der Waals surface area contributed by atoms with E-state index in [1.54, 1.807) is 0 Å². The minimum absolute atomic E-state index is 0. The van der Waals surface area contributed by atoms with E-state index in [4.69, 9.17) is 10.5 Å². The number of amides is 1. The largest absolute Gasteiger partial charge is 0.383 e. The highest BCUT2D eigenvalue weighted by molar-refractivity contribution is 7.89. The van der Waals surface area contributed by atoms with E-state index < -0.39 is 15.6 Å². The number of carbonyl (C=O) groups excluding carboxylic acids is 1. The minimum atomic E-state index is -3.60. The standard InChI is InChI=1S/C14H23N3O4S.ClH/c1-14(2,10-15)17-13(18)11-4-6-12(7-5-11)22(19,20)16-8-9-21-3;/h4-7,16H,8-10,15H2,1-3H3,(H,17,18);1H. The molecule has 0 saturated carbocycles. The Bertz CT molecular complexity index is 603. The number of rotatable bonds is 8. The van der Waals surface area contributed by atoms with Crippen LogP contribution in [0, 0.1) is 0 Å². The normalized spacial score (nSPS) is 11.7. The summed E-state index contributed by atoms with van der Waals surface area (Å²) >= 11 is 0. The fourth-order valence-electron chi connectivity index (χ4n) is 1.58. The molecule has 7 nitrogen and oxygen atoms in total. The molecule has 132 valence electrons. The maximum Gasteiger partial charge on any atom is 0.251 e. The van der Waals surface area contributed by atoms with Gasteiger partial charge in [0.25, 0.3) is 5.91 Å². The predicted octanol–water partition coefficient (Wildman–Crippen LogP) is 0.500. The highest BCUT2D eigenvalue weighted by Gasteiger charge is 2.20. The summed E-state index contributed by atoms with van der Waals surface area (Å²) in [5.41, 5.74) is 5.41. The summed E-state index contributed by atoms with van der Waals surface area (Å²) in [6, 6.07) is 5.71. The number of hydrogen-bond acceptors (Lipinski definition) is 5. The molecule has 1 aromatic rings. The van der Waals surface area contributed by atoms with Crippen LogP contribution in [-0.4, -0.2) is 46.7 Å². The second kappa shape index (κ2) is 9.19. The summed E-state index contributed by atoms with van der Waals surface area (Å²) in [7, 11) is -2.11. The summed E-state index contributed by atoms with van der Waals surface area (Å²) in [5, 5.41) is 2.78. The van der Waals surface area contributed by atoms with Crippen molar-refractivity contribution in [2.45, 2.75) is 24.3 Å². The van der Waals surface area contributed by atoms with Gasteiger partial charge in [0.15, 0.2) is 0 Å². The number of halogens is 1. The van der Waals surface area contributed by atoms with E-state index >= 15 is 0 Å². The lowest BCUT2D eigenvalue weighted by Crippen LogP contribution is -2.48.